The monoisotopic (exact) mass is 337 g/mol. The molecule has 0 N–H and O–H groups in total. The number of hydrogen-bond donors (Lipinski definition) is 0. The van der Waals surface area contributed by atoms with E-state index in [4.69, 9.17) is 4.42 Å². The van der Waals surface area contributed by atoms with Crippen LogP contribution in [0.15, 0.2) is 96.3 Å². The molecule has 0 saturated heterocycles. The predicted octanol–water partition coefficient (Wildman–Crippen LogP) is 5.35. The fraction of sp³-hybridized carbons (Fsp3) is 0. The van der Waals surface area contributed by atoms with Crippen molar-refractivity contribution in [2.45, 2.75) is 0 Å². The van der Waals surface area contributed by atoms with Crippen LogP contribution in [0.2, 0.25) is 0 Å². The van der Waals surface area contributed by atoms with Crippen LogP contribution in [-0.2, 0) is 0 Å². The Morgan fingerprint density at radius 3 is 2.58 bits per heavy atom. The summed E-state index contributed by atoms with van der Waals surface area (Å²) in [5.41, 5.74) is 7.48. The van der Waals surface area contributed by atoms with Crippen molar-refractivity contribution in [3.8, 4) is 27.9 Å². The fourth-order valence-electron chi connectivity index (χ4n) is 3.20. The third-order valence-corrected chi connectivity index (χ3v) is 4.52. The van der Waals surface area contributed by atoms with Gasteiger partial charge in [0.15, 0.2) is 0 Å². The van der Waals surface area contributed by atoms with Gasteiger partial charge in [-0.25, -0.2) is 4.98 Å². The topological polar surface area (TPSA) is 43.9 Å². The summed E-state index contributed by atoms with van der Waals surface area (Å²) in [6.45, 7) is 0. The summed E-state index contributed by atoms with van der Waals surface area (Å²) in [7, 11) is 0. The fourth-order valence-corrected chi connectivity index (χ4v) is 3.20. The summed E-state index contributed by atoms with van der Waals surface area (Å²) in [6, 6.07) is 20.6. The van der Waals surface area contributed by atoms with E-state index in [0.717, 1.165) is 39.0 Å². The summed E-state index contributed by atoms with van der Waals surface area (Å²) < 4.78 is 7.29. The molecule has 0 unspecified atom stereocenters. The second-order valence-electron chi connectivity index (χ2n) is 6.12. The van der Waals surface area contributed by atoms with Gasteiger partial charge in [-0.05, 0) is 47.5 Å². The van der Waals surface area contributed by atoms with E-state index in [2.05, 4.69) is 63.1 Å². The average molecular weight is 337 g/mol. The largest absolute Gasteiger partial charge is 0.472 e. The van der Waals surface area contributed by atoms with E-state index in [1.54, 1.807) is 18.7 Å². The number of nitrogens with zero attached hydrogens (tertiary/aromatic N) is 3. The van der Waals surface area contributed by atoms with Crippen molar-refractivity contribution in [3.63, 3.8) is 0 Å². The van der Waals surface area contributed by atoms with Gasteiger partial charge in [0.1, 0.15) is 6.33 Å². The van der Waals surface area contributed by atoms with Crippen LogP contribution in [0.4, 0.5) is 0 Å². The van der Waals surface area contributed by atoms with Gasteiger partial charge in [-0.2, -0.15) is 0 Å². The molecule has 26 heavy (non-hydrogen) atoms. The molecule has 0 amide bonds. The Bertz CT molecular complexity index is 1170. The first-order chi connectivity index (χ1) is 12.9. The molecule has 0 saturated carbocycles. The highest BCUT2D eigenvalue weighted by molar-refractivity contribution is 5.83. The van der Waals surface area contributed by atoms with Crippen LogP contribution in [0.5, 0.6) is 0 Å². The Kier molecular flexibility index (Phi) is 3.39. The zero-order valence-electron chi connectivity index (χ0n) is 13.9. The first-order valence-corrected chi connectivity index (χ1v) is 8.39. The number of furan rings is 1. The van der Waals surface area contributed by atoms with E-state index < -0.39 is 0 Å². The standard InChI is InChI=1S/C22H15N3O/c1-3-16(18-4-2-9-23-13-18)11-20(5-1)25-15-24-21-12-17(6-7-22(21)25)19-8-10-26-14-19/h1-15H. The molecular formula is C22H15N3O. The molecule has 5 rings (SSSR count). The summed E-state index contributed by atoms with van der Waals surface area (Å²) in [5.74, 6) is 0. The second-order valence-corrected chi connectivity index (χ2v) is 6.12. The second kappa shape index (κ2) is 6.01. The van der Waals surface area contributed by atoms with E-state index in [0.29, 0.717) is 0 Å². The molecule has 0 aliphatic rings. The average Bonchev–Trinajstić information content (AvgIpc) is 3.38. The van der Waals surface area contributed by atoms with Gasteiger partial charge in [-0.3, -0.25) is 9.55 Å². The lowest BCUT2D eigenvalue weighted by molar-refractivity contribution is 0.568. The van der Waals surface area contributed by atoms with Gasteiger partial charge in [0, 0.05) is 29.2 Å². The summed E-state index contributed by atoms with van der Waals surface area (Å²) >= 11 is 0. The third kappa shape index (κ3) is 2.48. The van der Waals surface area contributed by atoms with Crippen molar-refractivity contribution in [2.75, 3.05) is 0 Å². The maximum absolute atomic E-state index is 5.18. The van der Waals surface area contributed by atoms with Crippen molar-refractivity contribution >= 4 is 11.0 Å². The molecule has 3 heterocycles. The molecule has 5 aromatic rings. The van der Waals surface area contributed by atoms with Crippen LogP contribution in [-0.4, -0.2) is 14.5 Å². The number of imidazole rings is 1. The highest BCUT2D eigenvalue weighted by atomic mass is 16.3. The van der Waals surface area contributed by atoms with Gasteiger partial charge in [0.05, 0.1) is 23.6 Å². The van der Waals surface area contributed by atoms with E-state index in [1.807, 2.05) is 24.7 Å². The van der Waals surface area contributed by atoms with Gasteiger partial charge in [-0.1, -0.05) is 24.3 Å². The van der Waals surface area contributed by atoms with E-state index in [9.17, 15) is 0 Å². The maximum atomic E-state index is 5.18. The molecule has 2 aromatic carbocycles. The number of hydrogen-bond acceptors (Lipinski definition) is 3. The molecule has 0 radical (unpaired) electrons. The Hall–Kier alpha value is -3.66. The maximum Gasteiger partial charge on any atom is 0.100 e. The zero-order valence-corrected chi connectivity index (χ0v) is 13.9. The Balaban J connectivity index is 1.59. The SMILES string of the molecule is c1cncc(-c2cccc(-n3cnc4cc(-c5ccoc5)ccc43)c2)c1. The van der Waals surface area contributed by atoms with Gasteiger partial charge < -0.3 is 4.42 Å². The normalized spacial score (nSPS) is 11.1. The van der Waals surface area contributed by atoms with Crippen molar-refractivity contribution in [2.24, 2.45) is 0 Å². The lowest BCUT2D eigenvalue weighted by Crippen LogP contribution is -1.92. The lowest BCUT2D eigenvalue weighted by Gasteiger charge is -2.08. The summed E-state index contributed by atoms with van der Waals surface area (Å²) in [5, 5.41) is 0. The number of benzene rings is 2. The van der Waals surface area contributed by atoms with E-state index in [1.165, 1.54) is 0 Å². The van der Waals surface area contributed by atoms with Crippen molar-refractivity contribution in [1.29, 1.82) is 0 Å². The minimum atomic E-state index is 0.954. The van der Waals surface area contributed by atoms with Crippen LogP contribution in [0.25, 0.3) is 39.0 Å². The number of pyridine rings is 1. The first kappa shape index (κ1) is 14.7. The summed E-state index contributed by atoms with van der Waals surface area (Å²) in [4.78, 5) is 8.80. The molecule has 124 valence electrons. The number of fused-ring (bicyclic) bond motifs is 1. The predicted molar refractivity (Wildman–Crippen MR) is 102 cm³/mol. The van der Waals surface area contributed by atoms with E-state index >= 15 is 0 Å². The quantitative estimate of drug-likeness (QED) is 0.446. The molecule has 3 aromatic heterocycles. The van der Waals surface area contributed by atoms with Gasteiger partial charge in [0.2, 0.25) is 0 Å². The molecule has 4 heteroatoms. The van der Waals surface area contributed by atoms with Crippen LogP contribution >= 0.6 is 0 Å². The van der Waals surface area contributed by atoms with Crippen LogP contribution in [0, 0.1) is 0 Å². The molecule has 0 aliphatic heterocycles. The highest BCUT2D eigenvalue weighted by Gasteiger charge is 2.08. The number of rotatable bonds is 3. The molecule has 0 aliphatic carbocycles. The zero-order chi connectivity index (χ0) is 17.3. The molecule has 0 fully saturated rings. The molecule has 0 spiro atoms. The Morgan fingerprint density at radius 1 is 0.808 bits per heavy atom. The van der Waals surface area contributed by atoms with Gasteiger partial charge >= 0.3 is 0 Å². The van der Waals surface area contributed by atoms with Crippen molar-refractivity contribution in [3.05, 3.63) is 91.9 Å². The third-order valence-electron chi connectivity index (χ3n) is 4.52. The lowest BCUT2D eigenvalue weighted by atomic mass is 10.1. The van der Waals surface area contributed by atoms with E-state index in [-0.39, 0.29) is 0 Å². The highest BCUT2D eigenvalue weighted by Crippen LogP contribution is 2.27. The Morgan fingerprint density at radius 2 is 1.73 bits per heavy atom. The molecule has 0 bridgehead atoms. The number of aromatic nitrogens is 3. The molecule has 0 atom stereocenters. The van der Waals surface area contributed by atoms with Crippen molar-refractivity contribution in [1.82, 2.24) is 14.5 Å². The van der Waals surface area contributed by atoms with Crippen LogP contribution in [0.3, 0.4) is 0 Å². The van der Waals surface area contributed by atoms with Crippen molar-refractivity contribution < 1.29 is 4.42 Å². The minimum absolute atomic E-state index is 0.954. The Labute approximate surface area is 150 Å². The minimum Gasteiger partial charge on any atom is -0.472 e. The first-order valence-electron chi connectivity index (χ1n) is 8.39. The molecule has 4 nitrogen and oxygen atoms in total. The smallest absolute Gasteiger partial charge is 0.100 e. The van der Waals surface area contributed by atoms with Gasteiger partial charge in [0.25, 0.3) is 0 Å². The van der Waals surface area contributed by atoms with Crippen LogP contribution < -0.4 is 0 Å². The molecular weight excluding hydrogens is 322 g/mol. The van der Waals surface area contributed by atoms with Gasteiger partial charge in [-0.15, -0.1) is 0 Å². The van der Waals surface area contributed by atoms with Crippen LogP contribution in [0.1, 0.15) is 0 Å². The summed E-state index contributed by atoms with van der Waals surface area (Å²) in [6.07, 6.45) is 8.96.